The summed E-state index contributed by atoms with van der Waals surface area (Å²) in [4.78, 5) is 11.7. The SMILES string of the molecule is CC1NNCC1CNC(=O)c1ccccc1F. The largest absolute Gasteiger partial charge is 0.352 e. The standard InChI is InChI=1S/C12H16FN3O/c1-8-9(7-15-16-8)6-14-12(17)10-4-2-3-5-11(10)13/h2-5,8-9,15-16H,6-7H2,1H3,(H,14,17). The zero-order chi connectivity index (χ0) is 12.3. The van der Waals surface area contributed by atoms with Gasteiger partial charge in [-0.05, 0) is 19.1 Å². The lowest BCUT2D eigenvalue weighted by atomic mass is 10.0. The maximum absolute atomic E-state index is 13.3. The average molecular weight is 237 g/mol. The summed E-state index contributed by atoms with van der Waals surface area (Å²) in [5, 5.41) is 2.75. The minimum Gasteiger partial charge on any atom is -0.352 e. The van der Waals surface area contributed by atoms with Gasteiger partial charge >= 0.3 is 0 Å². The highest BCUT2D eigenvalue weighted by atomic mass is 19.1. The van der Waals surface area contributed by atoms with E-state index in [1.54, 1.807) is 12.1 Å². The Hall–Kier alpha value is -1.46. The quantitative estimate of drug-likeness (QED) is 0.724. The smallest absolute Gasteiger partial charge is 0.254 e. The molecule has 1 fully saturated rings. The fourth-order valence-corrected chi connectivity index (χ4v) is 1.86. The second-order valence-electron chi connectivity index (χ2n) is 4.26. The lowest BCUT2D eigenvalue weighted by molar-refractivity contribution is 0.0943. The van der Waals surface area contributed by atoms with Crippen molar-refractivity contribution < 1.29 is 9.18 Å². The van der Waals surface area contributed by atoms with Crippen molar-refractivity contribution in [2.24, 2.45) is 5.92 Å². The van der Waals surface area contributed by atoms with Gasteiger partial charge in [-0.2, -0.15) is 0 Å². The molecule has 2 atom stereocenters. The maximum Gasteiger partial charge on any atom is 0.254 e. The van der Waals surface area contributed by atoms with Crippen LogP contribution in [0.5, 0.6) is 0 Å². The van der Waals surface area contributed by atoms with E-state index in [0.717, 1.165) is 6.54 Å². The average Bonchev–Trinajstić information content (AvgIpc) is 2.72. The van der Waals surface area contributed by atoms with Crippen LogP contribution < -0.4 is 16.2 Å². The third-order valence-electron chi connectivity index (χ3n) is 3.04. The minimum absolute atomic E-state index is 0.0964. The molecule has 0 saturated carbocycles. The highest BCUT2D eigenvalue weighted by Crippen LogP contribution is 2.08. The molecule has 3 N–H and O–H groups in total. The summed E-state index contributed by atoms with van der Waals surface area (Å²) < 4.78 is 13.3. The Morgan fingerprint density at radius 1 is 1.53 bits per heavy atom. The predicted octanol–water partition coefficient (Wildman–Crippen LogP) is 0.668. The number of hydrogen-bond acceptors (Lipinski definition) is 3. The van der Waals surface area contributed by atoms with Crippen molar-refractivity contribution in [3.8, 4) is 0 Å². The number of hydrazine groups is 1. The topological polar surface area (TPSA) is 53.2 Å². The minimum atomic E-state index is -0.485. The van der Waals surface area contributed by atoms with Gasteiger partial charge in [0.05, 0.1) is 5.56 Å². The van der Waals surface area contributed by atoms with Gasteiger partial charge in [0.25, 0.3) is 5.91 Å². The van der Waals surface area contributed by atoms with Crippen LogP contribution in [0.1, 0.15) is 17.3 Å². The van der Waals surface area contributed by atoms with Crippen LogP contribution in [0.25, 0.3) is 0 Å². The molecule has 0 spiro atoms. The predicted molar refractivity (Wildman–Crippen MR) is 62.8 cm³/mol. The highest BCUT2D eigenvalue weighted by molar-refractivity contribution is 5.94. The summed E-state index contributed by atoms with van der Waals surface area (Å²) in [6.45, 7) is 3.38. The first-order valence-electron chi connectivity index (χ1n) is 5.69. The van der Waals surface area contributed by atoms with E-state index in [1.165, 1.54) is 12.1 Å². The van der Waals surface area contributed by atoms with Crippen molar-refractivity contribution >= 4 is 5.91 Å². The Balaban J connectivity index is 1.91. The van der Waals surface area contributed by atoms with Gasteiger partial charge in [0, 0.05) is 25.0 Å². The lowest BCUT2D eigenvalue weighted by Gasteiger charge is -2.14. The van der Waals surface area contributed by atoms with Crippen LogP contribution in [0, 0.1) is 11.7 Å². The van der Waals surface area contributed by atoms with Crippen LogP contribution in [0.4, 0.5) is 4.39 Å². The number of rotatable bonds is 3. The fourth-order valence-electron chi connectivity index (χ4n) is 1.86. The molecule has 17 heavy (non-hydrogen) atoms. The zero-order valence-electron chi connectivity index (χ0n) is 9.66. The maximum atomic E-state index is 13.3. The van der Waals surface area contributed by atoms with Gasteiger partial charge in [-0.3, -0.25) is 15.6 Å². The second-order valence-corrected chi connectivity index (χ2v) is 4.26. The van der Waals surface area contributed by atoms with E-state index >= 15 is 0 Å². The third kappa shape index (κ3) is 2.81. The van der Waals surface area contributed by atoms with Crippen LogP contribution >= 0.6 is 0 Å². The summed E-state index contributed by atoms with van der Waals surface area (Å²) in [6.07, 6.45) is 0. The second kappa shape index (κ2) is 5.25. The number of amides is 1. The molecule has 1 aromatic rings. The summed E-state index contributed by atoms with van der Waals surface area (Å²) in [6, 6.07) is 6.30. The highest BCUT2D eigenvalue weighted by Gasteiger charge is 2.23. The Morgan fingerprint density at radius 2 is 2.29 bits per heavy atom. The molecule has 2 unspecified atom stereocenters. The van der Waals surface area contributed by atoms with E-state index in [0.29, 0.717) is 18.5 Å². The molecule has 4 nitrogen and oxygen atoms in total. The molecule has 0 aromatic heterocycles. The molecule has 0 aliphatic carbocycles. The number of halogens is 1. The van der Waals surface area contributed by atoms with Crippen LogP contribution in [0.3, 0.4) is 0 Å². The first-order chi connectivity index (χ1) is 8.18. The van der Waals surface area contributed by atoms with Crippen LogP contribution in [-0.2, 0) is 0 Å². The van der Waals surface area contributed by atoms with Gasteiger partial charge in [0.1, 0.15) is 5.82 Å². The van der Waals surface area contributed by atoms with Crippen molar-refractivity contribution in [3.05, 3.63) is 35.6 Å². The molecule has 1 aliphatic heterocycles. The van der Waals surface area contributed by atoms with E-state index < -0.39 is 5.82 Å². The monoisotopic (exact) mass is 237 g/mol. The number of hydrogen-bond donors (Lipinski definition) is 3. The van der Waals surface area contributed by atoms with Crippen LogP contribution in [0.2, 0.25) is 0 Å². The lowest BCUT2D eigenvalue weighted by Crippen LogP contribution is -2.35. The normalized spacial score (nSPS) is 23.6. The molecular formula is C12H16FN3O. The first kappa shape index (κ1) is 12.0. The molecule has 1 aliphatic rings. The van der Waals surface area contributed by atoms with Crippen LogP contribution in [-0.4, -0.2) is 25.0 Å². The summed E-state index contributed by atoms with van der Waals surface area (Å²) >= 11 is 0. The summed E-state index contributed by atoms with van der Waals surface area (Å²) in [5.74, 6) is -0.520. The van der Waals surface area contributed by atoms with E-state index in [-0.39, 0.29) is 11.5 Å². The number of carbonyl (C=O) groups excluding carboxylic acids is 1. The van der Waals surface area contributed by atoms with Gasteiger partial charge in [0.15, 0.2) is 0 Å². The Bertz CT molecular complexity index is 410. The van der Waals surface area contributed by atoms with Gasteiger partial charge in [0.2, 0.25) is 0 Å². The molecule has 1 amide bonds. The Kier molecular flexibility index (Phi) is 3.71. The summed E-state index contributed by atoms with van der Waals surface area (Å²) in [7, 11) is 0. The van der Waals surface area contributed by atoms with Gasteiger partial charge < -0.3 is 5.32 Å². The number of nitrogens with one attached hydrogen (secondary N) is 3. The fraction of sp³-hybridized carbons (Fsp3) is 0.417. The van der Waals surface area contributed by atoms with E-state index in [9.17, 15) is 9.18 Å². The zero-order valence-corrected chi connectivity index (χ0v) is 9.66. The Labute approximate surface area is 99.6 Å². The molecule has 0 radical (unpaired) electrons. The third-order valence-corrected chi connectivity index (χ3v) is 3.04. The van der Waals surface area contributed by atoms with Crippen molar-refractivity contribution in [1.82, 2.24) is 16.2 Å². The number of carbonyl (C=O) groups is 1. The molecule has 0 bridgehead atoms. The molecule has 1 aromatic carbocycles. The van der Waals surface area contributed by atoms with Crippen molar-refractivity contribution in [3.63, 3.8) is 0 Å². The van der Waals surface area contributed by atoms with E-state index in [4.69, 9.17) is 0 Å². The molecular weight excluding hydrogens is 221 g/mol. The van der Waals surface area contributed by atoms with Crippen molar-refractivity contribution in [1.29, 1.82) is 0 Å². The Morgan fingerprint density at radius 3 is 2.94 bits per heavy atom. The van der Waals surface area contributed by atoms with Gasteiger partial charge in [-0.15, -0.1) is 0 Å². The van der Waals surface area contributed by atoms with Gasteiger partial charge in [-0.25, -0.2) is 4.39 Å². The molecule has 1 heterocycles. The molecule has 1 saturated heterocycles. The van der Waals surface area contributed by atoms with Gasteiger partial charge in [-0.1, -0.05) is 12.1 Å². The van der Waals surface area contributed by atoms with E-state index in [1.807, 2.05) is 6.92 Å². The van der Waals surface area contributed by atoms with Crippen molar-refractivity contribution in [2.75, 3.05) is 13.1 Å². The first-order valence-corrected chi connectivity index (χ1v) is 5.69. The van der Waals surface area contributed by atoms with Crippen LogP contribution in [0.15, 0.2) is 24.3 Å². The number of benzene rings is 1. The molecule has 2 rings (SSSR count). The molecule has 5 heteroatoms. The summed E-state index contributed by atoms with van der Waals surface area (Å²) in [5.41, 5.74) is 6.19. The van der Waals surface area contributed by atoms with E-state index in [2.05, 4.69) is 16.2 Å². The van der Waals surface area contributed by atoms with Crippen molar-refractivity contribution in [2.45, 2.75) is 13.0 Å². The molecule has 92 valence electrons.